The number of nitriles is 1. The van der Waals surface area contributed by atoms with Crippen molar-refractivity contribution >= 4 is 10.0 Å². The van der Waals surface area contributed by atoms with Gasteiger partial charge in [0.25, 0.3) is 0 Å². The van der Waals surface area contributed by atoms with Crippen LogP contribution in [0.5, 0.6) is 0 Å². The lowest BCUT2D eigenvalue weighted by atomic mass is 10.1. The smallest absolute Gasteiger partial charge is 0.212 e. The van der Waals surface area contributed by atoms with Gasteiger partial charge in [0, 0.05) is 13.1 Å². The van der Waals surface area contributed by atoms with Crippen molar-refractivity contribution < 1.29 is 8.42 Å². The number of rotatable bonds is 2. The molecule has 0 radical (unpaired) electrons. The summed E-state index contributed by atoms with van der Waals surface area (Å²) in [4.78, 5) is 0. The number of nitrogens with zero attached hydrogens (tertiary/aromatic N) is 2. The van der Waals surface area contributed by atoms with Crippen LogP contribution in [0.4, 0.5) is 0 Å². The molecule has 0 aromatic heterocycles. The Labute approximate surface area is 95.2 Å². The maximum absolute atomic E-state index is 11.6. The van der Waals surface area contributed by atoms with Crippen molar-refractivity contribution in [2.24, 2.45) is 0 Å². The second-order valence-corrected chi connectivity index (χ2v) is 5.90. The van der Waals surface area contributed by atoms with Crippen LogP contribution >= 0.6 is 0 Å². The van der Waals surface area contributed by atoms with Gasteiger partial charge >= 0.3 is 0 Å². The first-order valence-electron chi connectivity index (χ1n) is 5.09. The fourth-order valence-corrected chi connectivity index (χ4v) is 3.32. The Morgan fingerprint density at radius 3 is 2.88 bits per heavy atom. The molecule has 0 atom stereocenters. The fourth-order valence-electron chi connectivity index (χ4n) is 1.81. The van der Waals surface area contributed by atoms with Gasteiger partial charge in [-0.1, -0.05) is 12.1 Å². The predicted molar refractivity (Wildman–Crippen MR) is 60.0 cm³/mol. The molecule has 1 fully saturated rings. The van der Waals surface area contributed by atoms with E-state index in [1.165, 1.54) is 4.31 Å². The molecule has 0 unspecified atom stereocenters. The summed E-state index contributed by atoms with van der Waals surface area (Å²) >= 11 is 0. The van der Waals surface area contributed by atoms with Gasteiger partial charge < -0.3 is 0 Å². The third kappa shape index (κ3) is 2.23. The summed E-state index contributed by atoms with van der Waals surface area (Å²) in [6.45, 7) is 0.955. The van der Waals surface area contributed by atoms with Crippen molar-refractivity contribution in [3.8, 4) is 6.07 Å². The fraction of sp³-hybridized carbons (Fsp3) is 0.364. The van der Waals surface area contributed by atoms with Crippen LogP contribution in [0.3, 0.4) is 0 Å². The standard InChI is InChI=1S/C11H12N2O2S/c12-8-10-3-1-4-11(7-10)9-13-5-2-6-16(13,14)15/h1,3-4,7H,2,5-6,9H2. The highest BCUT2D eigenvalue weighted by atomic mass is 32.2. The van der Waals surface area contributed by atoms with Crippen LogP contribution in [0.2, 0.25) is 0 Å². The van der Waals surface area contributed by atoms with Gasteiger partial charge in [-0.25, -0.2) is 8.42 Å². The highest BCUT2D eigenvalue weighted by Gasteiger charge is 2.27. The van der Waals surface area contributed by atoms with Crippen LogP contribution in [0.1, 0.15) is 17.5 Å². The minimum absolute atomic E-state index is 0.241. The number of sulfonamides is 1. The first kappa shape index (κ1) is 11.1. The molecule has 1 saturated heterocycles. The molecule has 16 heavy (non-hydrogen) atoms. The van der Waals surface area contributed by atoms with Crippen LogP contribution in [0.15, 0.2) is 24.3 Å². The first-order chi connectivity index (χ1) is 7.62. The minimum Gasteiger partial charge on any atom is -0.212 e. The van der Waals surface area contributed by atoms with Gasteiger partial charge in [-0.15, -0.1) is 0 Å². The van der Waals surface area contributed by atoms with Crippen molar-refractivity contribution in [2.45, 2.75) is 13.0 Å². The van der Waals surface area contributed by atoms with Crippen molar-refractivity contribution in [1.82, 2.24) is 4.31 Å². The van der Waals surface area contributed by atoms with Crippen molar-refractivity contribution in [1.29, 1.82) is 5.26 Å². The summed E-state index contributed by atoms with van der Waals surface area (Å²) in [5, 5.41) is 8.74. The Morgan fingerprint density at radius 1 is 1.44 bits per heavy atom. The third-order valence-electron chi connectivity index (χ3n) is 2.62. The zero-order valence-corrected chi connectivity index (χ0v) is 9.57. The van der Waals surface area contributed by atoms with Crippen molar-refractivity contribution in [2.75, 3.05) is 12.3 Å². The Bertz CT molecular complexity index is 531. The summed E-state index contributed by atoms with van der Waals surface area (Å²) in [7, 11) is -3.05. The van der Waals surface area contributed by atoms with Gasteiger partial charge in [-0.3, -0.25) is 0 Å². The Morgan fingerprint density at radius 2 is 2.25 bits per heavy atom. The number of hydrogen-bond donors (Lipinski definition) is 0. The normalized spacial score (nSPS) is 19.4. The lowest BCUT2D eigenvalue weighted by molar-refractivity contribution is 0.440. The molecule has 1 aromatic carbocycles. The number of benzene rings is 1. The highest BCUT2D eigenvalue weighted by Crippen LogP contribution is 2.17. The largest absolute Gasteiger partial charge is 0.214 e. The second kappa shape index (κ2) is 4.24. The quantitative estimate of drug-likeness (QED) is 0.772. The van der Waals surface area contributed by atoms with Crippen molar-refractivity contribution in [3.63, 3.8) is 0 Å². The maximum atomic E-state index is 11.6. The molecule has 1 aliphatic rings. The molecule has 2 rings (SSSR count). The molecule has 0 bridgehead atoms. The maximum Gasteiger partial charge on any atom is 0.214 e. The van der Waals surface area contributed by atoms with Gasteiger partial charge in [-0.2, -0.15) is 9.57 Å². The van der Waals surface area contributed by atoms with Crippen LogP contribution in [-0.2, 0) is 16.6 Å². The number of hydrogen-bond acceptors (Lipinski definition) is 3. The van der Waals surface area contributed by atoms with E-state index in [4.69, 9.17) is 5.26 Å². The Kier molecular flexibility index (Phi) is 2.95. The summed E-state index contributed by atoms with van der Waals surface area (Å²) in [5.41, 5.74) is 1.43. The second-order valence-electron chi connectivity index (χ2n) is 3.82. The minimum atomic E-state index is -3.05. The van der Waals surface area contributed by atoms with E-state index in [9.17, 15) is 8.42 Å². The summed E-state index contributed by atoms with van der Waals surface area (Å²) in [6, 6.07) is 9.10. The molecule has 4 nitrogen and oxygen atoms in total. The molecule has 0 spiro atoms. The lowest BCUT2D eigenvalue weighted by Crippen LogP contribution is -2.25. The summed E-state index contributed by atoms with van der Waals surface area (Å²) in [5.74, 6) is 0.241. The van der Waals surface area contributed by atoms with E-state index in [-0.39, 0.29) is 5.75 Å². The highest BCUT2D eigenvalue weighted by molar-refractivity contribution is 7.89. The van der Waals surface area contributed by atoms with Gasteiger partial charge in [0.1, 0.15) is 0 Å². The molecule has 84 valence electrons. The van der Waals surface area contributed by atoms with E-state index in [2.05, 4.69) is 0 Å². The zero-order valence-electron chi connectivity index (χ0n) is 8.76. The third-order valence-corrected chi connectivity index (χ3v) is 4.52. The molecule has 0 N–H and O–H groups in total. The Balaban J connectivity index is 2.19. The molecule has 1 heterocycles. The molecule has 0 saturated carbocycles. The summed E-state index contributed by atoms with van der Waals surface area (Å²) < 4.78 is 24.6. The molecular weight excluding hydrogens is 224 g/mol. The predicted octanol–water partition coefficient (Wildman–Crippen LogP) is 1.09. The first-order valence-corrected chi connectivity index (χ1v) is 6.69. The van der Waals surface area contributed by atoms with Crippen molar-refractivity contribution in [3.05, 3.63) is 35.4 Å². The molecule has 1 aromatic rings. The average Bonchev–Trinajstić information content (AvgIpc) is 2.59. The summed E-state index contributed by atoms with van der Waals surface area (Å²) in [6.07, 6.45) is 0.695. The van der Waals surface area contributed by atoms with E-state index in [1.807, 2.05) is 12.1 Å². The zero-order chi connectivity index (χ0) is 11.6. The van der Waals surface area contributed by atoms with E-state index in [1.54, 1.807) is 18.2 Å². The van der Waals surface area contributed by atoms with Gasteiger partial charge in [-0.05, 0) is 24.1 Å². The average molecular weight is 236 g/mol. The van der Waals surface area contributed by atoms with Gasteiger partial charge in [0.2, 0.25) is 10.0 Å². The van der Waals surface area contributed by atoms with Crippen LogP contribution < -0.4 is 0 Å². The van der Waals surface area contributed by atoms with Gasteiger partial charge in [0.15, 0.2) is 0 Å². The van der Waals surface area contributed by atoms with E-state index >= 15 is 0 Å². The van der Waals surface area contributed by atoms with Gasteiger partial charge in [0.05, 0.1) is 17.4 Å². The monoisotopic (exact) mass is 236 g/mol. The molecule has 0 amide bonds. The SMILES string of the molecule is N#Cc1cccc(CN2CCCS2(=O)=O)c1. The van der Waals surface area contributed by atoms with E-state index < -0.39 is 10.0 Å². The topological polar surface area (TPSA) is 61.2 Å². The lowest BCUT2D eigenvalue weighted by Gasteiger charge is -2.14. The van der Waals surface area contributed by atoms with E-state index in [0.717, 1.165) is 5.56 Å². The van der Waals surface area contributed by atoms with Crippen LogP contribution in [0.25, 0.3) is 0 Å². The van der Waals surface area contributed by atoms with E-state index in [0.29, 0.717) is 25.1 Å². The molecule has 0 aliphatic carbocycles. The molecule has 5 heteroatoms. The molecule has 1 aliphatic heterocycles. The molecular formula is C11H12N2O2S. The Hall–Kier alpha value is -1.38. The van der Waals surface area contributed by atoms with Crippen LogP contribution in [0, 0.1) is 11.3 Å². The van der Waals surface area contributed by atoms with Crippen LogP contribution in [-0.4, -0.2) is 25.0 Å².